The summed E-state index contributed by atoms with van der Waals surface area (Å²) in [5, 5.41) is 0.468. The second-order valence-electron chi connectivity index (χ2n) is 3.65. The van der Waals surface area contributed by atoms with Crippen molar-refractivity contribution in [3.8, 4) is 0 Å². The van der Waals surface area contributed by atoms with Gasteiger partial charge in [0.1, 0.15) is 0 Å². The molecule has 0 spiro atoms. The van der Waals surface area contributed by atoms with Crippen LogP contribution in [-0.4, -0.2) is 19.1 Å². The first-order valence-electron chi connectivity index (χ1n) is 5.06. The molecule has 0 heterocycles. The van der Waals surface area contributed by atoms with Crippen LogP contribution in [0.1, 0.15) is 12.5 Å². The van der Waals surface area contributed by atoms with Crippen molar-refractivity contribution in [3.05, 3.63) is 34.9 Å². The maximum atomic E-state index is 11.2. The molecule has 92 valence electrons. The monoisotopic (exact) mass is 254 g/mol. The van der Waals surface area contributed by atoms with Crippen molar-refractivity contribution >= 4 is 28.8 Å². The van der Waals surface area contributed by atoms with Crippen molar-refractivity contribution in [2.24, 2.45) is 5.73 Å². The third-order valence-corrected chi connectivity index (χ3v) is 2.64. The topological polar surface area (TPSA) is 78.3 Å². The Hall–Kier alpha value is -1.52. The minimum absolute atomic E-state index is 0.310. The molecule has 0 saturated heterocycles. The van der Waals surface area contributed by atoms with Crippen LogP contribution in [0.25, 0.3) is 5.57 Å². The lowest BCUT2D eigenvalue weighted by Crippen LogP contribution is -2.18. The van der Waals surface area contributed by atoms with Gasteiger partial charge in [-0.1, -0.05) is 17.7 Å². The molecule has 0 aliphatic rings. The van der Waals surface area contributed by atoms with Gasteiger partial charge in [-0.15, -0.1) is 0 Å². The number of nitrogens with two attached hydrogens (primary N) is 2. The number of carbonyl (C=O) groups excluding carboxylic acids is 1. The molecule has 1 atom stereocenters. The van der Waals surface area contributed by atoms with Gasteiger partial charge in [-0.25, -0.2) is 4.79 Å². The van der Waals surface area contributed by atoms with Crippen molar-refractivity contribution < 1.29 is 9.53 Å². The van der Waals surface area contributed by atoms with Gasteiger partial charge in [0.25, 0.3) is 0 Å². The molecule has 1 aromatic carbocycles. The van der Waals surface area contributed by atoms with Gasteiger partial charge in [-0.3, -0.25) is 0 Å². The molecule has 0 bridgehead atoms. The smallest absolute Gasteiger partial charge is 0.330 e. The Kier molecular flexibility index (Phi) is 4.54. The van der Waals surface area contributed by atoms with Gasteiger partial charge in [-0.2, -0.15) is 0 Å². The van der Waals surface area contributed by atoms with E-state index >= 15 is 0 Å². The van der Waals surface area contributed by atoms with Gasteiger partial charge in [0.2, 0.25) is 0 Å². The SMILES string of the molecule is COC(=O)C=C(c1ccc(Cl)c(N)c1)C(C)N. The van der Waals surface area contributed by atoms with E-state index in [2.05, 4.69) is 4.74 Å². The molecule has 1 unspecified atom stereocenters. The van der Waals surface area contributed by atoms with E-state index in [-0.39, 0.29) is 6.04 Å². The lowest BCUT2D eigenvalue weighted by Gasteiger charge is -2.12. The third-order valence-electron chi connectivity index (χ3n) is 2.29. The Morgan fingerprint density at radius 2 is 2.18 bits per heavy atom. The molecule has 0 aliphatic carbocycles. The molecule has 0 amide bonds. The minimum Gasteiger partial charge on any atom is -0.466 e. The summed E-state index contributed by atoms with van der Waals surface area (Å²) >= 11 is 5.83. The van der Waals surface area contributed by atoms with Crippen LogP contribution in [0.5, 0.6) is 0 Å². The molecule has 5 heteroatoms. The van der Waals surface area contributed by atoms with E-state index in [1.165, 1.54) is 13.2 Å². The number of anilines is 1. The quantitative estimate of drug-likeness (QED) is 0.490. The lowest BCUT2D eigenvalue weighted by atomic mass is 9.99. The Morgan fingerprint density at radius 3 is 2.65 bits per heavy atom. The summed E-state index contributed by atoms with van der Waals surface area (Å²) in [7, 11) is 1.31. The number of carbonyl (C=O) groups is 1. The molecular weight excluding hydrogens is 240 g/mol. The number of halogens is 1. The summed E-state index contributed by atoms with van der Waals surface area (Å²) in [6.07, 6.45) is 1.35. The van der Waals surface area contributed by atoms with Crippen molar-refractivity contribution in [3.63, 3.8) is 0 Å². The highest BCUT2D eigenvalue weighted by atomic mass is 35.5. The van der Waals surface area contributed by atoms with Gasteiger partial charge >= 0.3 is 5.97 Å². The third kappa shape index (κ3) is 3.47. The number of esters is 1. The number of nitrogen functional groups attached to an aromatic ring is 1. The lowest BCUT2D eigenvalue weighted by molar-refractivity contribution is -0.134. The molecular formula is C12H15ClN2O2. The minimum atomic E-state index is -0.453. The normalized spacial score (nSPS) is 13.3. The van der Waals surface area contributed by atoms with E-state index in [0.29, 0.717) is 16.3 Å². The van der Waals surface area contributed by atoms with Crippen LogP contribution in [0.4, 0.5) is 5.69 Å². The molecule has 0 saturated carbocycles. The van der Waals surface area contributed by atoms with Crippen LogP contribution in [0.2, 0.25) is 5.02 Å². The molecule has 0 radical (unpaired) electrons. The number of methoxy groups -OCH3 is 1. The van der Waals surface area contributed by atoms with E-state index in [0.717, 1.165) is 5.56 Å². The number of benzene rings is 1. The van der Waals surface area contributed by atoms with Gasteiger partial charge in [0.05, 0.1) is 17.8 Å². The summed E-state index contributed by atoms with van der Waals surface area (Å²) in [5.41, 5.74) is 13.4. The Balaban J connectivity index is 3.19. The average molecular weight is 255 g/mol. The zero-order valence-corrected chi connectivity index (χ0v) is 10.5. The second kappa shape index (κ2) is 5.70. The largest absolute Gasteiger partial charge is 0.466 e. The first-order valence-corrected chi connectivity index (χ1v) is 5.44. The fourth-order valence-corrected chi connectivity index (χ4v) is 1.50. The van der Waals surface area contributed by atoms with E-state index in [4.69, 9.17) is 23.1 Å². The highest BCUT2D eigenvalue weighted by Crippen LogP contribution is 2.25. The van der Waals surface area contributed by atoms with Crippen LogP contribution < -0.4 is 11.5 Å². The zero-order valence-electron chi connectivity index (χ0n) is 9.74. The predicted octanol–water partition coefficient (Wildman–Crippen LogP) is 1.83. The molecule has 1 aromatic rings. The summed E-state index contributed by atoms with van der Waals surface area (Å²) in [4.78, 5) is 11.2. The summed E-state index contributed by atoms with van der Waals surface area (Å²) in [6.45, 7) is 1.78. The molecule has 17 heavy (non-hydrogen) atoms. The van der Waals surface area contributed by atoms with Crippen molar-refractivity contribution in [2.45, 2.75) is 13.0 Å². The molecule has 0 aromatic heterocycles. The summed E-state index contributed by atoms with van der Waals surface area (Å²) < 4.78 is 4.58. The fraction of sp³-hybridized carbons (Fsp3) is 0.250. The van der Waals surface area contributed by atoms with Gasteiger partial charge < -0.3 is 16.2 Å². The number of hydrogen-bond donors (Lipinski definition) is 2. The van der Waals surface area contributed by atoms with E-state index in [1.54, 1.807) is 25.1 Å². The Morgan fingerprint density at radius 1 is 1.53 bits per heavy atom. The van der Waals surface area contributed by atoms with Crippen LogP contribution in [0, 0.1) is 0 Å². The standard InChI is InChI=1S/C12H15ClN2O2/c1-7(14)9(6-12(16)17-2)8-3-4-10(13)11(15)5-8/h3-7H,14-15H2,1-2H3. The number of hydrogen-bond acceptors (Lipinski definition) is 4. The van der Waals surface area contributed by atoms with E-state index in [9.17, 15) is 4.79 Å². The Labute approximate surface area is 105 Å². The maximum Gasteiger partial charge on any atom is 0.330 e. The van der Waals surface area contributed by atoms with E-state index in [1.807, 2.05) is 0 Å². The van der Waals surface area contributed by atoms with Gasteiger partial charge in [-0.05, 0) is 30.2 Å². The van der Waals surface area contributed by atoms with Crippen molar-refractivity contribution in [1.29, 1.82) is 0 Å². The molecule has 1 rings (SSSR count). The second-order valence-corrected chi connectivity index (χ2v) is 4.06. The Bertz CT molecular complexity index is 456. The van der Waals surface area contributed by atoms with Crippen LogP contribution in [0.3, 0.4) is 0 Å². The van der Waals surface area contributed by atoms with Crippen LogP contribution >= 0.6 is 11.6 Å². The molecule has 4 nitrogen and oxygen atoms in total. The van der Waals surface area contributed by atoms with Gasteiger partial charge in [0.15, 0.2) is 0 Å². The molecule has 0 aliphatic heterocycles. The summed E-state index contributed by atoms with van der Waals surface area (Å²) in [6, 6.07) is 4.80. The van der Waals surface area contributed by atoms with Crippen LogP contribution in [0.15, 0.2) is 24.3 Å². The van der Waals surface area contributed by atoms with Gasteiger partial charge in [0, 0.05) is 12.1 Å². The highest BCUT2D eigenvalue weighted by molar-refractivity contribution is 6.33. The summed E-state index contributed by atoms with van der Waals surface area (Å²) in [5.74, 6) is -0.453. The first-order chi connectivity index (χ1) is 7.95. The van der Waals surface area contributed by atoms with Crippen molar-refractivity contribution in [2.75, 3.05) is 12.8 Å². The number of ether oxygens (including phenoxy) is 1. The molecule has 0 fully saturated rings. The zero-order chi connectivity index (χ0) is 13.0. The highest BCUT2D eigenvalue weighted by Gasteiger charge is 2.11. The average Bonchev–Trinajstić information content (AvgIpc) is 2.29. The predicted molar refractivity (Wildman–Crippen MR) is 69.5 cm³/mol. The molecule has 4 N–H and O–H groups in total. The van der Waals surface area contributed by atoms with Crippen molar-refractivity contribution in [1.82, 2.24) is 0 Å². The van der Waals surface area contributed by atoms with Crippen LogP contribution in [-0.2, 0) is 9.53 Å². The van der Waals surface area contributed by atoms with E-state index < -0.39 is 5.97 Å². The fourth-order valence-electron chi connectivity index (χ4n) is 1.39. The maximum absolute atomic E-state index is 11.2. The first kappa shape index (κ1) is 13.5. The number of rotatable bonds is 3.